The Bertz CT molecular complexity index is 410. The van der Waals surface area contributed by atoms with Gasteiger partial charge in [0.25, 0.3) is 5.56 Å². The normalized spacial score (nSPS) is 20.8. The predicted octanol–water partition coefficient (Wildman–Crippen LogP) is 1.24. The summed E-state index contributed by atoms with van der Waals surface area (Å²) >= 11 is 5.69. The van der Waals surface area contributed by atoms with Gasteiger partial charge in [-0.1, -0.05) is 11.6 Å². The van der Waals surface area contributed by atoms with Gasteiger partial charge in [-0.25, -0.2) is 4.98 Å². The largest absolute Gasteiger partial charge is 0.381 e. The van der Waals surface area contributed by atoms with Gasteiger partial charge < -0.3 is 4.74 Å². The second kappa shape index (κ2) is 4.33. The summed E-state index contributed by atoms with van der Waals surface area (Å²) in [6.07, 6.45) is 1.01. The molecule has 1 atom stereocenters. The molecule has 2 rings (SSSR count). The maximum Gasteiger partial charge on any atom is 0.254 e. The first-order valence-electron chi connectivity index (χ1n) is 4.98. The van der Waals surface area contributed by atoms with E-state index in [1.807, 2.05) is 0 Å². The number of hydrogen-bond acceptors (Lipinski definition) is 3. The maximum absolute atomic E-state index is 11.6. The Morgan fingerprint density at radius 2 is 2.53 bits per heavy atom. The molecule has 1 aliphatic heterocycles. The van der Waals surface area contributed by atoms with Gasteiger partial charge in [0.2, 0.25) is 0 Å². The number of nitrogens with zero attached hydrogens (tertiary/aromatic N) is 2. The van der Waals surface area contributed by atoms with E-state index in [2.05, 4.69) is 4.98 Å². The summed E-state index contributed by atoms with van der Waals surface area (Å²) < 4.78 is 6.93. The first kappa shape index (κ1) is 10.6. The molecular weight excluding hydrogens is 216 g/mol. The second-order valence-electron chi connectivity index (χ2n) is 3.80. The number of aromatic nitrogens is 2. The lowest BCUT2D eigenvalue weighted by Gasteiger charge is -2.12. The first-order valence-corrected chi connectivity index (χ1v) is 5.36. The molecule has 0 spiro atoms. The van der Waals surface area contributed by atoms with E-state index in [0.29, 0.717) is 18.3 Å². The molecule has 4 nitrogen and oxygen atoms in total. The molecule has 0 bridgehead atoms. The molecule has 82 valence electrons. The molecule has 1 aromatic heterocycles. The Labute approximate surface area is 92.8 Å². The summed E-state index contributed by atoms with van der Waals surface area (Å²) in [6.45, 7) is 3.99. The number of hydrogen-bond donors (Lipinski definition) is 0. The number of aryl methyl sites for hydroxylation is 1. The van der Waals surface area contributed by atoms with Gasteiger partial charge in [0.05, 0.1) is 6.61 Å². The molecule has 5 heteroatoms. The van der Waals surface area contributed by atoms with Crippen LogP contribution in [0.3, 0.4) is 0 Å². The minimum Gasteiger partial charge on any atom is -0.381 e. The highest BCUT2D eigenvalue weighted by Gasteiger charge is 2.17. The Balaban J connectivity index is 2.23. The van der Waals surface area contributed by atoms with Crippen molar-refractivity contribution in [1.82, 2.24) is 9.55 Å². The van der Waals surface area contributed by atoms with E-state index >= 15 is 0 Å². The van der Waals surface area contributed by atoms with Crippen LogP contribution >= 0.6 is 11.6 Å². The van der Waals surface area contributed by atoms with Gasteiger partial charge in [0.15, 0.2) is 0 Å². The summed E-state index contributed by atoms with van der Waals surface area (Å²) in [6, 6.07) is 1.35. The molecule has 0 aliphatic carbocycles. The van der Waals surface area contributed by atoms with E-state index in [1.54, 1.807) is 11.5 Å². The number of rotatable bonds is 2. The lowest BCUT2D eigenvalue weighted by atomic mass is 10.1. The van der Waals surface area contributed by atoms with E-state index < -0.39 is 0 Å². The van der Waals surface area contributed by atoms with Crippen molar-refractivity contribution in [3.8, 4) is 0 Å². The maximum atomic E-state index is 11.6. The molecule has 1 fully saturated rings. The van der Waals surface area contributed by atoms with Crippen molar-refractivity contribution in [3.05, 3.63) is 27.4 Å². The van der Waals surface area contributed by atoms with Crippen LogP contribution in [-0.2, 0) is 11.3 Å². The second-order valence-corrected chi connectivity index (χ2v) is 4.19. The third-order valence-corrected chi connectivity index (χ3v) is 2.83. The van der Waals surface area contributed by atoms with E-state index in [1.165, 1.54) is 6.07 Å². The quantitative estimate of drug-likeness (QED) is 0.716. The molecule has 2 heterocycles. The predicted molar refractivity (Wildman–Crippen MR) is 57.2 cm³/mol. The van der Waals surface area contributed by atoms with Crippen LogP contribution in [0.4, 0.5) is 0 Å². The van der Waals surface area contributed by atoms with Gasteiger partial charge in [0.1, 0.15) is 11.0 Å². The minimum absolute atomic E-state index is 0.0839. The molecule has 1 aliphatic rings. The van der Waals surface area contributed by atoms with Gasteiger partial charge in [-0.3, -0.25) is 9.36 Å². The molecule has 0 aromatic carbocycles. The van der Waals surface area contributed by atoms with Crippen molar-refractivity contribution < 1.29 is 4.74 Å². The number of ether oxygens (including phenoxy) is 1. The third kappa shape index (κ3) is 2.38. The standard InChI is InChI=1S/C10H13ClN2O2/c1-7-12-9(11)4-10(14)13(7)5-8-2-3-15-6-8/h4,8H,2-3,5-6H2,1H3. The summed E-state index contributed by atoms with van der Waals surface area (Å²) in [5.74, 6) is 1.09. The molecule has 0 N–H and O–H groups in total. The van der Waals surface area contributed by atoms with Crippen molar-refractivity contribution in [1.29, 1.82) is 0 Å². The van der Waals surface area contributed by atoms with Crippen molar-refractivity contribution >= 4 is 11.6 Å². The van der Waals surface area contributed by atoms with Crippen LogP contribution in [0.15, 0.2) is 10.9 Å². The SMILES string of the molecule is Cc1nc(Cl)cc(=O)n1CC1CCOC1. The van der Waals surface area contributed by atoms with Crippen LogP contribution in [0.1, 0.15) is 12.2 Å². The molecule has 0 saturated carbocycles. The van der Waals surface area contributed by atoms with Gasteiger partial charge in [-0.05, 0) is 13.3 Å². The van der Waals surface area contributed by atoms with Gasteiger partial charge in [-0.2, -0.15) is 0 Å². The topological polar surface area (TPSA) is 44.1 Å². The van der Waals surface area contributed by atoms with Crippen molar-refractivity contribution in [3.63, 3.8) is 0 Å². The highest BCUT2D eigenvalue weighted by atomic mass is 35.5. The van der Waals surface area contributed by atoms with E-state index in [0.717, 1.165) is 19.6 Å². The molecule has 1 saturated heterocycles. The van der Waals surface area contributed by atoms with E-state index in [-0.39, 0.29) is 10.7 Å². The lowest BCUT2D eigenvalue weighted by Crippen LogP contribution is -2.26. The molecule has 15 heavy (non-hydrogen) atoms. The van der Waals surface area contributed by atoms with Crippen LogP contribution in [0.2, 0.25) is 5.15 Å². The highest BCUT2D eigenvalue weighted by Crippen LogP contribution is 2.14. The summed E-state index contributed by atoms with van der Waals surface area (Å²) in [5, 5.41) is 0.261. The molecular formula is C10H13ClN2O2. The zero-order valence-electron chi connectivity index (χ0n) is 8.57. The van der Waals surface area contributed by atoms with Crippen molar-refractivity contribution in [2.45, 2.75) is 19.9 Å². The smallest absolute Gasteiger partial charge is 0.254 e. The van der Waals surface area contributed by atoms with E-state index in [9.17, 15) is 4.79 Å². The third-order valence-electron chi connectivity index (χ3n) is 2.63. The van der Waals surface area contributed by atoms with Crippen LogP contribution in [0, 0.1) is 12.8 Å². The van der Waals surface area contributed by atoms with Gasteiger partial charge >= 0.3 is 0 Å². The highest BCUT2D eigenvalue weighted by molar-refractivity contribution is 6.29. The Morgan fingerprint density at radius 3 is 3.13 bits per heavy atom. The monoisotopic (exact) mass is 228 g/mol. The average Bonchev–Trinajstić information content (AvgIpc) is 2.63. The zero-order valence-corrected chi connectivity index (χ0v) is 9.33. The van der Waals surface area contributed by atoms with Gasteiger partial charge in [-0.15, -0.1) is 0 Å². The Morgan fingerprint density at radius 1 is 1.73 bits per heavy atom. The molecule has 0 amide bonds. The fourth-order valence-corrected chi connectivity index (χ4v) is 2.01. The van der Waals surface area contributed by atoms with Crippen LogP contribution < -0.4 is 5.56 Å². The minimum atomic E-state index is -0.0839. The zero-order chi connectivity index (χ0) is 10.8. The molecule has 1 unspecified atom stereocenters. The molecule has 0 radical (unpaired) electrons. The Hall–Kier alpha value is -0.870. The lowest BCUT2D eigenvalue weighted by molar-refractivity contribution is 0.182. The molecule has 1 aromatic rings. The van der Waals surface area contributed by atoms with Crippen molar-refractivity contribution in [2.24, 2.45) is 5.92 Å². The van der Waals surface area contributed by atoms with Crippen molar-refractivity contribution in [2.75, 3.05) is 13.2 Å². The Kier molecular flexibility index (Phi) is 3.07. The van der Waals surface area contributed by atoms with Crippen LogP contribution in [0.5, 0.6) is 0 Å². The van der Waals surface area contributed by atoms with Crippen LogP contribution in [0.25, 0.3) is 0 Å². The van der Waals surface area contributed by atoms with E-state index in [4.69, 9.17) is 16.3 Å². The summed E-state index contributed by atoms with van der Waals surface area (Å²) in [5.41, 5.74) is -0.0839. The number of halogens is 1. The van der Waals surface area contributed by atoms with Crippen LogP contribution in [-0.4, -0.2) is 22.8 Å². The first-order chi connectivity index (χ1) is 7.16. The summed E-state index contributed by atoms with van der Waals surface area (Å²) in [7, 11) is 0. The average molecular weight is 229 g/mol. The fourth-order valence-electron chi connectivity index (χ4n) is 1.79. The fraction of sp³-hybridized carbons (Fsp3) is 0.600. The summed E-state index contributed by atoms with van der Waals surface area (Å²) in [4.78, 5) is 15.7. The van der Waals surface area contributed by atoms with Gasteiger partial charge in [0, 0.05) is 25.1 Å².